The molecule has 2 aromatic rings. The van der Waals surface area contributed by atoms with Crippen molar-refractivity contribution in [1.82, 2.24) is 0 Å². The number of para-hydroxylation sites is 1. The molecule has 0 aromatic heterocycles. The Hall–Kier alpha value is -2.31. The normalized spacial score (nSPS) is 19.3. The molecule has 0 bridgehead atoms. The van der Waals surface area contributed by atoms with Crippen molar-refractivity contribution in [3.05, 3.63) is 59.1 Å². The second-order valence-corrected chi connectivity index (χ2v) is 9.08. The van der Waals surface area contributed by atoms with Crippen LogP contribution in [-0.4, -0.2) is 33.4 Å². The fourth-order valence-electron chi connectivity index (χ4n) is 4.25. The first-order valence-electron chi connectivity index (χ1n) is 10.1. The number of carboxylic acid groups (broad SMARTS) is 1. The van der Waals surface area contributed by atoms with Gasteiger partial charge in [-0.2, -0.15) is 0 Å². The number of hydrogen-bond acceptors (Lipinski definition) is 4. The van der Waals surface area contributed by atoms with Gasteiger partial charge in [-0.25, -0.2) is 9.98 Å². The molecule has 1 spiro atoms. The van der Waals surface area contributed by atoms with Gasteiger partial charge in [-0.3, -0.25) is 4.79 Å². The first kappa shape index (κ1) is 20.9. The van der Waals surface area contributed by atoms with Gasteiger partial charge in [0.25, 0.3) is 0 Å². The molecule has 156 valence electrons. The molecule has 1 heterocycles. The molecule has 1 aliphatic carbocycles. The van der Waals surface area contributed by atoms with Crippen LogP contribution < -0.4 is 4.90 Å². The summed E-state index contributed by atoms with van der Waals surface area (Å²) in [4.78, 5) is 23.4. The van der Waals surface area contributed by atoms with E-state index in [1.54, 1.807) is 0 Å². The highest BCUT2D eigenvalue weighted by Gasteiger charge is 2.50. The lowest BCUT2D eigenvalue weighted by Gasteiger charge is -2.43. The SMILES string of the molecule is Cc1ccccc1N1C(SCC(=O)O)=NC(=Nc2ccc(Cl)cc2)C12CCCCC2. The largest absolute Gasteiger partial charge is 0.481 e. The van der Waals surface area contributed by atoms with Gasteiger partial charge in [-0.1, -0.05) is 60.8 Å². The lowest BCUT2D eigenvalue weighted by molar-refractivity contribution is -0.133. The fraction of sp³-hybridized carbons (Fsp3) is 0.348. The van der Waals surface area contributed by atoms with Crippen LogP contribution in [0.3, 0.4) is 0 Å². The van der Waals surface area contributed by atoms with Crippen molar-refractivity contribution >= 4 is 51.7 Å². The number of aliphatic carboxylic acids is 1. The van der Waals surface area contributed by atoms with Crippen molar-refractivity contribution in [2.45, 2.75) is 44.6 Å². The van der Waals surface area contributed by atoms with Crippen LogP contribution in [-0.2, 0) is 4.79 Å². The maximum atomic E-state index is 11.3. The van der Waals surface area contributed by atoms with E-state index in [1.165, 1.54) is 18.2 Å². The number of aliphatic imine (C=N–C) groups is 2. The maximum absolute atomic E-state index is 11.3. The summed E-state index contributed by atoms with van der Waals surface area (Å²) in [6, 6.07) is 15.6. The third-order valence-corrected chi connectivity index (χ3v) is 6.84. The van der Waals surface area contributed by atoms with E-state index in [0.29, 0.717) is 10.2 Å². The number of aryl methyl sites for hydroxylation is 1. The first-order chi connectivity index (χ1) is 14.5. The van der Waals surface area contributed by atoms with E-state index in [1.807, 2.05) is 36.4 Å². The Balaban J connectivity index is 1.84. The second-order valence-electron chi connectivity index (χ2n) is 7.70. The predicted molar refractivity (Wildman–Crippen MR) is 126 cm³/mol. The zero-order valence-electron chi connectivity index (χ0n) is 16.8. The molecule has 0 saturated heterocycles. The van der Waals surface area contributed by atoms with Crippen LogP contribution in [0.2, 0.25) is 5.02 Å². The summed E-state index contributed by atoms with van der Waals surface area (Å²) in [5.74, 6) is -0.125. The number of nitrogens with zero attached hydrogens (tertiary/aromatic N) is 3. The lowest BCUT2D eigenvalue weighted by atomic mass is 9.79. The number of carboxylic acids is 1. The van der Waals surface area contributed by atoms with E-state index in [2.05, 4.69) is 24.0 Å². The standard InChI is InChI=1S/C23H24ClN3O2S/c1-16-7-3-4-8-19(16)27-22(30-15-20(28)29)26-21(23(27)13-5-2-6-14-23)25-18-11-9-17(24)10-12-18/h3-4,7-12H,2,5-6,13-15H2,1H3,(H,28,29). The molecule has 7 heteroatoms. The predicted octanol–water partition coefficient (Wildman–Crippen LogP) is 6.08. The lowest BCUT2D eigenvalue weighted by Crippen LogP contribution is -2.53. The van der Waals surface area contributed by atoms with E-state index in [-0.39, 0.29) is 11.3 Å². The van der Waals surface area contributed by atoms with E-state index < -0.39 is 5.97 Å². The molecule has 0 radical (unpaired) electrons. The van der Waals surface area contributed by atoms with Gasteiger partial charge in [-0.05, 0) is 55.7 Å². The number of benzene rings is 2. The van der Waals surface area contributed by atoms with Crippen molar-refractivity contribution in [3.63, 3.8) is 0 Å². The number of carbonyl (C=O) groups is 1. The number of rotatable bonds is 4. The van der Waals surface area contributed by atoms with Gasteiger partial charge in [0.1, 0.15) is 5.54 Å². The minimum absolute atomic E-state index is 0.0362. The highest BCUT2D eigenvalue weighted by molar-refractivity contribution is 8.14. The van der Waals surface area contributed by atoms with Crippen molar-refractivity contribution in [3.8, 4) is 0 Å². The summed E-state index contributed by atoms with van der Waals surface area (Å²) in [5, 5.41) is 10.7. The summed E-state index contributed by atoms with van der Waals surface area (Å²) in [7, 11) is 0. The van der Waals surface area contributed by atoms with Gasteiger partial charge in [0, 0.05) is 10.7 Å². The van der Waals surface area contributed by atoms with Crippen molar-refractivity contribution < 1.29 is 9.90 Å². The van der Waals surface area contributed by atoms with E-state index in [4.69, 9.17) is 21.6 Å². The van der Waals surface area contributed by atoms with Crippen LogP contribution in [0.5, 0.6) is 0 Å². The van der Waals surface area contributed by atoms with Crippen LogP contribution in [0.25, 0.3) is 0 Å². The Morgan fingerprint density at radius 3 is 2.53 bits per heavy atom. The molecule has 1 fully saturated rings. The van der Waals surface area contributed by atoms with Crippen molar-refractivity contribution in [1.29, 1.82) is 0 Å². The third-order valence-electron chi connectivity index (χ3n) is 5.66. The van der Waals surface area contributed by atoms with Crippen LogP contribution >= 0.6 is 23.4 Å². The van der Waals surface area contributed by atoms with Gasteiger partial charge in [0.05, 0.1) is 11.4 Å². The Morgan fingerprint density at radius 2 is 1.87 bits per heavy atom. The van der Waals surface area contributed by atoms with Crippen LogP contribution in [0.1, 0.15) is 37.7 Å². The molecule has 1 N–H and O–H groups in total. The molecule has 1 aliphatic heterocycles. The third kappa shape index (κ3) is 4.12. The molecule has 0 amide bonds. The Bertz CT molecular complexity index is 998. The molecule has 2 aromatic carbocycles. The molecule has 2 aliphatic rings. The molecule has 0 atom stereocenters. The quantitative estimate of drug-likeness (QED) is 0.624. The van der Waals surface area contributed by atoms with Gasteiger partial charge >= 0.3 is 5.97 Å². The second kappa shape index (κ2) is 8.82. The van der Waals surface area contributed by atoms with Crippen LogP contribution in [0.4, 0.5) is 11.4 Å². The average Bonchev–Trinajstić information content (AvgIpc) is 3.01. The molecule has 5 nitrogen and oxygen atoms in total. The number of halogens is 1. The van der Waals surface area contributed by atoms with Crippen LogP contribution in [0, 0.1) is 6.92 Å². The first-order valence-corrected chi connectivity index (χ1v) is 11.5. The van der Waals surface area contributed by atoms with E-state index in [0.717, 1.165) is 48.5 Å². The van der Waals surface area contributed by atoms with E-state index in [9.17, 15) is 9.90 Å². The number of thioether (sulfide) groups is 1. The zero-order valence-corrected chi connectivity index (χ0v) is 18.4. The van der Waals surface area contributed by atoms with Gasteiger partial charge in [-0.15, -0.1) is 0 Å². The number of anilines is 1. The van der Waals surface area contributed by atoms with Gasteiger partial charge in [0.15, 0.2) is 11.0 Å². The summed E-state index contributed by atoms with van der Waals surface area (Å²) in [6.07, 6.45) is 5.25. The summed E-state index contributed by atoms with van der Waals surface area (Å²) >= 11 is 7.30. The molecule has 4 rings (SSSR count). The maximum Gasteiger partial charge on any atom is 0.313 e. The highest BCUT2D eigenvalue weighted by Crippen LogP contribution is 2.45. The van der Waals surface area contributed by atoms with Crippen LogP contribution in [0.15, 0.2) is 58.5 Å². The van der Waals surface area contributed by atoms with Crippen molar-refractivity contribution in [2.75, 3.05) is 10.7 Å². The fourth-order valence-corrected chi connectivity index (χ4v) is 5.18. The Kier molecular flexibility index (Phi) is 6.16. The Morgan fingerprint density at radius 1 is 1.17 bits per heavy atom. The Labute approximate surface area is 185 Å². The number of amidine groups is 2. The minimum atomic E-state index is -0.854. The van der Waals surface area contributed by atoms with Crippen molar-refractivity contribution in [2.24, 2.45) is 9.98 Å². The molecular weight excluding hydrogens is 418 g/mol. The summed E-state index contributed by atoms with van der Waals surface area (Å²) in [5.41, 5.74) is 2.65. The molecular formula is C23H24ClN3O2S. The summed E-state index contributed by atoms with van der Waals surface area (Å²) < 4.78 is 0. The topological polar surface area (TPSA) is 65.3 Å². The molecule has 0 unspecified atom stereocenters. The average molecular weight is 442 g/mol. The summed E-state index contributed by atoms with van der Waals surface area (Å²) in [6.45, 7) is 2.08. The zero-order chi connectivity index (χ0) is 21.1. The molecule has 1 saturated carbocycles. The minimum Gasteiger partial charge on any atom is -0.481 e. The monoisotopic (exact) mass is 441 g/mol. The van der Waals surface area contributed by atoms with Gasteiger partial charge in [0.2, 0.25) is 0 Å². The number of hydrogen-bond donors (Lipinski definition) is 1. The highest BCUT2D eigenvalue weighted by atomic mass is 35.5. The van der Waals surface area contributed by atoms with Gasteiger partial charge < -0.3 is 10.0 Å². The smallest absolute Gasteiger partial charge is 0.313 e. The molecule has 30 heavy (non-hydrogen) atoms. The van der Waals surface area contributed by atoms with E-state index >= 15 is 0 Å².